The highest BCUT2D eigenvalue weighted by molar-refractivity contribution is 5.41. The number of halogens is 3. The van der Waals surface area contributed by atoms with Crippen LogP contribution in [0.2, 0.25) is 0 Å². The number of rotatable bonds is 7. The second kappa shape index (κ2) is 8.27. The third-order valence-electron chi connectivity index (χ3n) is 5.12. The fourth-order valence-electron chi connectivity index (χ4n) is 3.46. The summed E-state index contributed by atoms with van der Waals surface area (Å²) in [6.45, 7) is 0. The summed E-state index contributed by atoms with van der Waals surface area (Å²) < 4.78 is 46.8. The molecule has 0 saturated heterocycles. The van der Waals surface area contributed by atoms with E-state index in [1.165, 1.54) is 12.1 Å². The van der Waals surface area contributed by atoms with E-state index >= 15 is 0 Å². The van der Waals surface area contributed by atoms with E-state index in [-0.39, 0.29) is 11.2 Å². The highest BCUT2D eigenvalue weighted by atomic mass is 19.4. The third-order valence-corrected chi connectivity index (χ3v) is 5.12. The van der Waals surface area contributed by atoms with Gasteiger partial charge in [0.05, 0.1) is 0 Å². The number of hydrogen-bond donors (Lipinski definition) is 0. The third kappa shape index (κ3) is 5.23. The second-order valence-corrected chi connectivity index (χ2v) is 7.40. The Morgan fingerprint density at radius 2 is 1.50 bits per heavy atom. The fourth-order valence-corrected chi connectivity index (χ4v) is 3.46. The van der Waals surface area contributed by atoms with Crippen molar-refractivity contribution in [1.82, 2.24) is 0 Å². The van der Waals surface area contributed by atoms with Crippen LogP contribution in [0.15, 0.2) is 91.0 Å². The molecule has 1 saturated carbocycles. The Morgan fingerprint density at radius 1 is 0.800 bits per heavy atom. The molecule has 5 heteroatoms. The average Bonchev–Trinajstić information content (AvgIpc) is 3.49. The molecule has 0 amide bonds. The number of alkyl halides is 3. The molecule has 0 radical (unpaired) electrons. The first-order valence-electron chi connectivity index (χ1n) is 9.78. The van der Waals surface area contributed by atoms with Crippen LogP contribution in [0.5, 0.6) is 17.2 Å². The first kappa shape index (κ1) is 20.1. The van der Waals surface area contributed by atoms with Crippen molar-refractivity contribution in [2.75, 3.05) is 0 Å². The normalized spacial score (nSPS) is 15.2. The Bertz CT molecular complexity index is 1000. The highest BCUT2D eigenvalue weighted by Crippen LogP contribution is 2.49. The number of para-hydroxylation sites is 1. The van der Waals surface area contributed by atoms with Gasteiger partial charge in [-0.15, -0.1) is 13.2 Å². The fraction of sp³-hybridized carbons (Fsp3) is 0.200. The largest absolute Gasteiger partial charge is 0.573 e. The van der Waals surface area contributed by atoms with E-state index in [2.05, 4.69) is 16.9 Å². The Hall–Kier alpha value is -3.21. The number of allylic oxidation sites excluding steroid dienone is 2. The SMILES string of the molecule is FC(F)(F)Oc1ccc(C2(C=CCc3cccc(Oc4ccccc4)c3)CC2)cc1. The van der Waals surface area contributed by atoms with Crippen LogP contribution in [0, 0.1) is 0 Å². The molecular weight excluding hydrogens is 389 g/mol. The van der Waals surface area contributed by atoms with Crippen LogP contribution in [-0.4, -0.2) is 6.36 Å². The van der Waals surface area contributed by atoms with Gasteiger partial charge in [-0.05, 0) is 66.8 Å². The molecular formula is C25H21F3O2. The molecule has 2 nitrogen and oxygen atoms in total. The molecule has 154 valence electrons. The van der Waals surface area contributed by atoms with Crippen molar-refractivity contribution in [2.24, 2.45) is 0 Å². The van der Waals surface area contributed by atoms with Crippen LogP contribution in [0.3, 0.4) is 0 Å². The summed E-state index contributed by atoms with van der Waals surface area (Å²) in [5.74, 6) is 1.38. The van der Waals surface area contributed by atoms with Gasteiger partial charge in [0.1, 0.15) is 17.2 Å². The van der Waals surface area contributed by atoms with Gasteiger partial charge >= 0.3 is 6.36 Å². The minimum Gasteiger partial charge on any atom is -0.457 e. The molecule has 0 N–H and O–H groups in total. The number of ether oxygens (including phenoxy) is 2. The van der Waals surface area contributed by atoms with Gasteiger partial charge in [-0.1, -0.05) is 54.6 Å². The Balaban J connectivity index is 1.39. The van der Waals surface area contributed by atoms with Gasteiger partial charge in [0, 0.05) is 5.41 Å². The van der Waals surface area contributed by atoms with E-state index in [9.17, 15) is 13.2 Å². The molecule has 0 unspecified atom stereocenters. The lowest BCUT2D eigenvalue weighted by atomic mass is 9.94. The van der Waals surface area contributed by atoms with E-state index in [0.29, 0.717) is 0 Å². The molecule has 0 bridgehead atoms. The highest BCUT2D eigenvalue weighted by Gasteiger charge is 2.41. The van der Waals surface area contributed by atoms with Gasteiger partial charge in [0.15, 0.2) is 0 Å². The Kier molecular flexibility index (Phi) is 5.53. The van der Waals surface area contributed by atoms with E-state index < -0.39 is 6.36 Å². The minimum atomic E-state index is -4.67. The van der Waals surface area contributed by atoms with Gasteiger partial charge in [0.2, 0.25) is 0 Å². The van der Waals surface area contributed by atoms with Crippen molar-refractivity contribution in [3.8, 4) is 17.2 Å². The van der Waals surface area contributed by atoms with E-state index in [1.54, 1.807) is 12.1 Å². The zero-order chi connectivity index (χ0) is 21.0. The predicted molar refractivity (Wildman–Crippen MR) is 110 cm³/mol. The molecule has 0 atom stereocenters. The summed E-state index contributed by atoms with van der Waals surface area (Å²) in [7, 11) is 0. The van der Waals surface area contributed by atoms with Crippen molar-refractivity contribution in [3.63, 3.8) is 0 Å². The standard InChI is InChI=1S/C25H21F3O2/c26-25(27,28)30-22-13-11-20(12-14-22)24(16-17-24)15-5-7-19-6-4-10-23(18-19)29-21-8-2-1-3-9-21/h1-6,8-15,18H,7,16-17H2. The molecule has 4 rings (SSSR count). The molecule has 1 aliphatic carbocycles. The van der Waals surface area contributed by atoms with Crippen LogP contribution in [0.25, 0.3) is 0 Å². The van der Waals surface area contributed by atoms with Gasteiger partial charge < -0.3 is 9.47 Å². The van der Waals surface area contributed by atoms with Crippen LogP contribution in [-0.2, 0) is 11.8 Å². The van der Waals surface area contributed by atoms with E-state index in [4.69, 9.17) is 4.74 Å². The van der Waals surface area contributed by atoms with Crippen molar-refractivity contribution < 1.29 is 22.6 Å². The molecule has 1 aliphatic rings. The van der Waals surface area contributed by atoms with Gasteiger partial charge in [0.25, 0.3) is 0 Å². The molecule has 0 aliphatic heterocycles. The number of benzene rings is 3. The summed E-state index contributed by atoms with van der Waals surface area (Å²) in [6.07, 6.45) is 2.34. The molecule has 3 aromatic rings. The van der Waals surface area contributed by atoms with Gasteiger partial charge in [-0.2, -0.15) is 0 Å². The van der Waals surface area contributed by atoms with Gasteiger partial charge in [-0.25, -0.2) is 0 Å². The molecule has 30 heavy (non-hydrogen) atoms. The van der Waals surface area contributed by atoms with Crippen molar-refractivity contribution in [3.05, 3.63) is 102 Å². The topological polar surface area (TPSA) is 18.5 Å². The van der Waals surface area contributed by atoms with Crippen LogP contribution >= 0.6 is 0 Å². The van der Waals surface area contributed by atoms with Crippen LogP contribution in [0.1, 0.15) is 24.0 Å². The van der Waals surface area contributed by atoms with E-state index in [1.807, 2.05) is 54.6 Å². The maximum absolute atomic E-state index is 12.3. The Labute approximate surface area is 173 Å². The van der Waals surface area contributed by atoms with E-state index in [0.717, 1.165) is 41.9 Å². The summed E-state index contributed by atoms with van der Waals surface area (Å²) >= 11 is 0. The van der Waals surface area contributed by atoms with Crippen LogP contribution in [0.4, 0.5) is 13.2 Å². The average molecular weight is 410 g/mol. The van der Waals surface area contributed by atoms with Crippen molar-refractivity contribution in [1.29, 1.82) is 0 Å². The molecule has 0 aromatic heterocycles. The lowest BCUT2D eigenvalue weighted by molar-refractivity contribution is -0.274. The molecule has 0 heterocycles. The van der Waals surface area contributed by atoms with Gasteiger partial charge in [-0.3, -0.25) is 0 Å². The van der Waals surface area contributed by atoms with Crippen molar-refractivity contribution in [2.45, 2.75) is 31.0 Å². The van der Waals surface area contributed by atoms with Crippen LogP contribution < -0.4 is 9.47 Å². The second-order valence-electron chi connectivity index (χ2n) is 7.40. The monoisotopic (exact) mass is 410 g/mol. The molecule has 3 aromatic carbocycles. The summed E-state index contributed by atoms with van der Waals surface area (Å²) in [5.41, 5.74) is 2.05. The Morgan fingerprint density at radius 3 is 2.17 bits per heavy atom. The quantitative estimate of drug-likeness (QED) is 0.383. The maximum Gasteiger partial charge on any atom is 0.573 e. The molecule has 1 fully saturated rings. The molecule has 0 spiro atoms. The first-order chi connectivity index (χ1) is 14.4. The maximum atomic E-state index is 12.3. The smallest absolute Gasteiger partial charge is 0.457 e. The summed E-state index contributed by atoms with van der Waals surface area (Å²) in [5, 5.41) is 0. The first-order valence-corrected chi connectivity index (χ1v) is 9.78. The zero-order valence-electron chi connectivity index (χ0n) is 16.2. The lowest BCUT2D eigenvalue weighted by Gasteiger charge is -2.13. The summed E-state index contributed by atoms with van der Waals surface area (Å²) in [6, 6.07) is 23.8. The predicted octanol–water partition coefficient (Wildman–Crippen LogP) is 7.21. The zero-order valence-corrected chi connectivity index (χ0v) is 16.2. The van der Waals surface area contributed by atoms with Crippen molar-refractivity contribution >= 4 is 0 Å². The number of hydrogen-bond acceptors (Lipinski definition) is 2. The lowest BCUT2D eigenvalue weighted by Crippen LogP contribution is -2.17. The summed E-state index contributed by atoms with van der Waals surface area (Å²) in [4.78, 5) is 0. The minimum absolute atomic E-state index is 0.0884.